The average Bonchev–Trinajstić information content (AvgIpc) is 3.41. The van der Waals surface area contributed by atoms with Crippen molar-refractivity contribution in [1.29, 1.82) is 0 Å². The van der Waals surface area contributed by atoms with Crippen molar-refractivity contribution in [2.45, 2.75) is 39.5 Å². The van der Waals surface area contributed by atoms with Crippen molar-refractivity contribution >= 4 is 33.2 Å². The summed E-state index contributed by atoms with van der Waals surface area (Å²) in [7, 11) is 3.57. The smallest absolute Gasteiger partial charge is 0.254 e. The van der Waals surface area contributed by atoms with Crippen LogP contribution in [-0.2, 0) is 7.05 Å². The number of benzene rings is 2. The van der Waals surface area contributed by atoms with Crippen molar-refractivity contribution in [3.8, 4) is 28.1 Å². The molecule has 192 valence electrons. The summed E-state index contributed by atoms with van der Waals surface area (Å²) in [6, 6.07) is 14.1. The summed E-state index contributed by atoms with van der Waals surface area (Å²) >= 11 is 5.29. The van der Waals surface area contributed by atoms with Crippen molar-refractivity contribution in [3.05, 3.63) is 73.8 Å². The minimum atomic E-state index is 0.0425. The molecule has 0 spiro atoms. The van der Waals surface area contributed by atoms with Crippen LogP contribution in [0.3, 0.4) is 0 Å². The second-order valence-electron chi connectivity index (χ2n) is 9.61. The van der Waals surface area contributed by atoms with Crippen LogP contribution in [0.2, 0.25) is 0 Å². The molecular weight excluding hydrogens is 548 g/mol. The van der Waals surface area contributed by atoms with Gasteiger partial charge in [-0.3, -0.25) is 9.48 Å². The van der Waals surface area contributed by atoms with Crippen molar-refractivity contribution < 1.29 is 9.53 Å². The molecule has 2 aromatic heterocycles. The molecule has 1 amide bonds. The average molecular weight is 580 g/mol. The van der Waals surface area contributed by atoms with Gasteiger partial charge in [-0.15, -0.1) is 11.3 Å². The van der Waals surface area contributed by atoms with Gasteiger partial charge >= 0.3 is 0 Å². The number of halogens is 1. The molecule has 0 saturated carbocycles. The number of amides is 1. The van der Waals surface area contributed by atoms with Gasteiger partial charge in [-0.05, 0) is 69.5 Å². The second kappa shape index (κ2) is 10.4. The van der Waals surface area contributed by atoms with E-state index in [0.717, 1.165) is 51.1 Å². The van der Waals surface area contributed by atoms with Crippen LogP contribution in [0, 0.1) is 20.8 Å². The quantitative estimate of drug-likeness (QED) is 0.257. The van der Waals surface area contributed by atoms with E-state index in [-0.39, 0.29) is 5.91 Å². The van der Waals surface area contributed by atoms with E-state index < -0.39 is 0 Å². The first-order chi connectivity index (χ1) is 17.8. The molecule has 4 aromatic rings. The van der Waals surface area contributed by atoms with E-state index in [0.29, 0.717) is 30.3 Å². The third kappa shape index (κ3) is 4.97. The van der Waals surface area contributed by atoms with Gasteiger partial charge in [0.1, 0.15) is 5.75 Å². The summed E-state index contributed by atoms with van der Waals surface area (Å²) in [6.07, 6.45) is 1.81. The fourth-order valence-electron chi connectivity index (χ4n) is 5.18. The highest BCUT2D eigenvalue weighted by Crippen LogP contribution is 2.38. The summed E-state index contributed by atoms with van der Waals surface area (Å²) < 4.78 is 8.41. The van der Waals surface area contributed by atoms with Crippen molar-refractivity contribution in [1.82, 2.24) is 19.7 Å². The Bertz CT molecular complexity index is 1450. The molecule has 0 unspecified atom stereocenters. The van der Waals surface area contributed by atoms with E-state index in [1.807, 2.05) is 48.7 Å². The van der Waals surface area contributed by atoms with Crippen LogP contribution < -0.4 is 4.74 Å². The number of methoxy groups -OCH3 is 1. The van der Waals surface area contributed by atoms with Gasteiger partial charge in [0.05, 0.1) is 29.1 Å². The zero-order chi connectivity index (χ0) is 26.3. The fourth-order valence-corrected chi connectivity index (χ4v) is 6.55. The van der Waals surface area contributed by atoms with E-state index in [4.69, 9.17) is 9.72 Å². The second-order valence-corrected chi connectivity index (χ2v) is 11.8. The first kappa shape index (κ1) is 25.7. The van der Waals surface area contributed by atoms with Crippen LogP contribution in [0.1, 0.15) is 50.4 Å². The predicted octanol–water partition coefficient (Wildman–Crippen LogP) is 6.93. The molecule has 1 saturated heterocycles. The van der Waals surface area contributed by atoms with Crippen LogP contribution in [-0.4, -0.2) is 45.8 Å². The Morgan fingerprint density at radius 1 is 1.08 bits per heavy atom. The molecule has 0 aliphatic carbocycles. The molecule has 1 aliphatic heterocycles. The topological polar surface area (TPSA) is 60.3 Å². The number of nitrogens with zero attached hydrogens (tertiary/aromatic N) is 4. The van der Waals surface area contributed by atoms with E-state index in [1.54, 1.807) is 18.4 Å². The highest BCUT2D eigenvalue weighted by molar-refractivity contribution is 9.10. The maximum absolute atomic E-state index is 13.8. The number of rotatable bonds is 5. The third-order valence-electron chi connectivity index (χ3n) is 7.30. The number of aromatic nitrogens is 3. The zero-order valence-corrected chi connectivity index (χ0v) is 24.2. The van der Waals surface area contributed by atoms with Gasteiger partial charge in [-0.2, -0.15) is 5.10 Å². The fraction of sp³-hybridized carbons (Fsp3) is 0.345. The number of hydrogen-bond donors (Lipinski definition) is 0. The number of hydrogen-bond acceptors (Lipinski definition) is 5. The number of piperidine rings is 1. The summed E-state index contributed by atoms with van der Waals surface area (Å²) in [5.74, 6) is 1.09. The molecule has 1 fully saturated rings. The predicted molar refractivity (Wildman–Crippen MR) is 153 cm³/mol. The van der Waals surface area contributed by atoms with Gasteiger partial charge < -0.3 is 9.64 Å². The van der Waals surface area contributed by atoms with E-state index in [1.165, 1.54) is 9.88 Å². The Labute approximate surface area is 230 Å². The molecule has 0 bridgehead atoms. The molecule has 2 aromatic carbocycles. The number of carbonyl (C=O) groups excluding carboxylic acids is 1. The molecule has 1 aliphatic rings. The number of thiazole rings is 1. The Kier molecular flexibility index (Phi) is 7.23. The normalized spacial score (nSPS) is 14.3. The molecule has 6 nitrogen and oxygen atoms in total. The van der Waals surface area contributed by atoms with Crippen molar-refractivity contribution in [2.24, 2.45) is 7.05 Å². The van der Waals surface area contributed by atoms with E-state index >= 15 is 0 Å². The van der Waals surface area contributed by atoms with E-state index in [2.05, 4.69) is 52.2 Å². The van der Waals surface area contributed by atoms with Crippen molar-refractivity contribution in [2.75, 3.05) is 20.2 Å². The summed E-state index contributed by atoms with van der Waals surface area (Å²) in [4.78, 5) is 22.1. The lowest BCUT2D eigenvalue weighted by Gasteiger charge is -2.31. The molecule has 0 N–H and O–H groups in total. The lowest BCUT2D eigenvalue weighted by molar-refractivity contribution is 0.0713. The highest BCUT2D eigenvalue weighted by Gasteiger charge is 2.29. The minimum Gasteiger partial charge on any atom is -0.497 e. The van der Waals surface area contributed by atoms with Gasteiger partial charge in [0.15, 0.2) is 0 Å². The van der Waals surface area contributed by atoms with Gasteiger partial charge in [-0.25, -0.2) is 4.98 Å². The molecule has 3 heterocycles. The SMILES string of the molecule is COc1ccc(-c2c(C)nn(C)c2C)c(C(=O)N2CCC(c3nc(-c4ccc(Br)cc4)c(C)s3)CC2)c1. The maximum atomic E-state index is 13.8. The molecule has 0 radical (unpaired) electrons. The van der Waals surface area contributed by atoms with E-state index in [9.17, 15) is 4.79 Å². The molecular formula is C29H31BrN4O2S. The number of aryl methyl sites for hydroxylation is 3. The Morgan fingerprint density at radius 2 is 1.78 bits per heavy atom. The first-order valence-electron chi connectivity index (χ1n) is 12.5. The molecule has 5 rings (SSSR count). The van der Waals surface area contributed by atoms with Gasteiger partial charge in [0.25, 0.3) is 5.91 Å². The maximum Gasteiger partial charge on any atom is 0.254 e. The lowest BCUT2D eigenvalue weighted by Crippen LogP contribution is -2.38. The number of ether oxygens (including phenoxy) is 1. The molecule has 37 heavy (non-hydrogen) atoms. The molecule has 0 atom stereocenters. The van der Waals surface area contributed by atoms with Crippen LogP contribution in [0.5, 0.6) is 5.75 Å². The minimum absolute atomic E-state index is 0.0425. The number of carbonyl (C=O) groups is 1. The van der Waals surface area contributed by atoms with Gasteiger partial charge in [-0.1, -0.05) is 28.1 Å². The third-order valence-corrected chi connectivity index (χ3v) is 8.96. The number of likely N-dealkylation sites (tertiary alicyclic amines) is 1. The largest absolute Gasteiger partial charge is 0.497 e. The standard InChI is InChI=1S/C29H31BrN4O2S/c1-17-26(18(2)33(4)32-17)24-11-10-23(36-5)16-25(24)29(35)34-14-12-21(13-15-34)28-31-27(19(3)37-28)20-6-8-22(30)9-7-20/h6-11,16,21H,12-15H2,1-5H3. The molecule has 8 heteroatoms. The lowest BCUT2D eigenvalue weighted by atomic mass is 9.94. The summed E-state index contributed by atoms with van der Waals surface area (Å²) in [6.45, 7) is 7.58. The van der Waals surface area contributed by atoms with Gasteiger partial charge in [0.2, 0.25) is 0 Å². The Morgan fingerprint density at radius 3 is 2.41 bits per heavy atom. The van der Waals surface area contributed by atoms with Crippen LogP contribution in [0.4, 0.5) is 0 Å². The van der Waals surface area contributed by atoms with Crippen LogP contribution >= 0.6 is 27.3 Å². The Balaban J connectivity index is 1.36. The summed E-state index contributed by atoms with van der Waals surface area (Å²) in [5.41, 5.74) is 6.75. The highest BCUT2D eigenvalue weighted by atomic mass is 79.9. The van der Waals surface area contributed by atoms with Crippen LogP contribution in [0.25, 0.3) is 22.4 Å². The van der Waals surface area contributed by atoms with Gasteiger partial charge in [0, 0.05) is 52.2 Å². The van der Waals surface area contributed by atoms with Crippen LogP contribution in [0.15, 0.2) is 46.9 Å². The monoisotopic (exact) mass is 578 g/mol. The Hall–Kier alpha value is -2.97. The zero-order valence-electron chi connectivity index (χ0n) is 21.8. The summed E-state index contributed by atoms with van der Waals surface area (Å²) in [5, 5.41) is 5.75. The van der Waals surface area contributed by atoms with Crippen molar-refractivity contribution in [3.63, 3.8) is 0 Å². The first-order valence-corrected chi connectivity index (χ1v) is 14.1.